The molecule has 3 N–H and O–H groups in total. The van der Waals surface area contributed by atoms with Crippen LogP contribution >= 0.6 is 0 Å². The van der Waals surface area contributed by atoms with Crippen molar-refractivity contribution in [2.24, 2.45) is 11.8 Å². The molecule has 55 heavy (non-hydrogen) atoms. The lowest BCUT2D eigenvalue weighted by Gasteiger charge is -2.31. The molecule has 3 aromatic rings. The number of sulfonamides is 1. The van der Waals surface area contributed by atoms with Gasteiger partial charge in [0, 0.05) is 18.9 Å². The summed E-state index contributed by atoms with van der Waals surface area (Å²) < 4.78 is 40.5. The van der Waals surface area contributed by atoms with Crippen molar-refractivity contribution in [3.05, 3.63) is 71.7 Å². The SMILES string of the molecule is C=CC1CC1(NC(=O)[C@@H]1C[C@@H]2CN1C(=O)[C@H](C(C)C)NC(=O)OCCCCCOc1cnn2c(=O)c1-c1cccc2ccccc12)C(=O)NS(=O)(=O)C1CC1. The van der Waals surface area contributed by atoms with Gasteiger partial charge < -0.3 is 25.0 Å². The number of aromatic nitrogens is 2. The van der Waals surface area contributed by atoms with Crippen LogP contribution in [0.15, 0.2) is 66.1 Å². The molecule has 1 aromatic heterocycles. The number of nitrogens with zero attached hydrogens (tertiary/aromatic N) is 3. The Bertz CT molecular complexity index is 2200. The van der Waals surface area contributed by atoms with Gasteiger partial charge in [0.05, 0.1) is 36.3 Å². The molecular formula is C39H46N6O9S. The molecule has 292 valence electrons. The van der Waals surface area contributed by atoms with E-state index in [4.69, 9.17) is 9.47 Å². The van der Waals surface area contributed by atoms with E-state index >= 15 is 0 Å². The van der Waals surface area contributed by atoms with E-state index < -0.39 is 80.1 Å². The van der Waals surface area contributed by atoms with Crippen molar-refractivity contribution >= 4 is 44.6 Å². The highest BCUT2D eigenvalue weighted by atomic mass is 32.2. The first-order valence-electron chi connectivity index (χ1n) is 18.8. The first-order chi connectivity index (χ1) is 26.3. The summed E-state index contributed by atoms with van der Waals surface area (Å²) in [5, 5.41) is 11.0. The molecule has 3 fully saturated rings. The highest BCUT2D eigenvalue weighted by Crippen LogP contribution is 2.46. The summed E-state index contributed by atoms with van der Waals surface area (Å²) in [4.78, 5) is 71.2. The van der Waals surface area contributed by atoms with Gasteiger partial charge >= 0.3 is 6.09 Å². The molecular weight excluding hydrogens is 729 g/mol. The molecule has 0 radical (unpaired) electrons. The zero-order valence-corrected chi connectivity index (χ0v) is 31.7. The van der Waals surface area contributed by atoms with E-state index in [1.165, 1.54) is 21.9 Å². The highest BCUT2D eigenvalue weighted by molar-refractivity contribution is 7.91. The number of amides is 4. The van der Waals surface area contributed by atoms with Crippen molar-refractivity contribution in [3.63, 3.8) is 0 Å². The maximum atomic E-state index is 14.7. The summed E-state index contributed by atoms with van der Waals surface area (Å²) in [6.07, 6.45) is 4.90. The van der Waals surface area contributed by atoms with Crippen molar-refractivity contribution in [2.75, 3.05) is 19.8 Å². The first-order valence-corrected chi connectivity index (χ1v) is 20.4. The van der Waals surface area contributed by atoms with E-state index in [-0.39, 0.29) is 43.9 Å². The van der Waals surface area contributed by atoms with Crippen molar-refractivity contribution < 1.29 is 37.1 Å². The first kappa shape index (κ1) is 38.0. The molecule has 4 amide bonds. The van der Waals surface area contributed by atoms with E-state index in [1.54, 1.807) is 13.8 Å². The fourth-order valence-corrected chi connectivity index (χ4v) is 8.97. The molecule has 3 aliphatic heterocycles. The number of ether oxygens (including phenoxy) is 2. The van der Waals surface area contributed by atoms with Crippen molar-refractivity contribution in [2.45, 2.75) is 87.7 Å². The molecule has 1 saturated heterocycles. The second-order valence-electron chi connectivity index (χ2n) is 15.1. The predicted molar refractivity (Wildman–Crippen MR) is 202 cm³/mol. The maximum absolute atomic E-state index is 14.7. The molecule has 8 rings (SSSR count). The summed E-state index contributed by atoms with van der Waals surface area (Å²) in [6.45, 7) is 7.50. The standard InChI is InChI=1S/C39H46N6O9S/c1-4-25-20-39(25,37(49)43-55(51,52)27-15-16-27)42-34(46)30-19-26-22-44(30)36(48)33(23(2)3)41-38(50)54-18-9-5-8-17-53-31-21-40-45(26)35(47)32(31)29-14-10-12-24-11-6-7-13-28(24)29/h4,6-7,10-14,21,23,25-27,30,33H,1,5,8-9,15-20,22H2,2-3H3,(H,41,50)(H,42,46)(H,43,49)/t25?,26-,30+,33+,39?/m1/s1. The summed E-state index contributed by atoms with van der Waals surface area (Å²) in [6, 6.07) is 10.2. The Hall–Kier alpha value is -5.25. The van der Waals surface area contributed by atoms with Crippen LogP contribution in [-0.4, -0.2) is 89.5 Å². The van der Waals surface area contributed by atoms with Crippen LogP contribution in [0.4, 0.5) is 4.79 Å². The number of hydrogen-bond donors (Lipinski definition) is 3. The number of carbonyl (C=O) groups excluding carboxylic acids is 4. The molecule has 15 nitrogen and oxygen atoms in total. The molecule has 0 spiro atoms. The smallest absolute Gasteiger partial charge is 0.407 e. The monoisotopic (exact) mass is 774 g/mol. The lowest BCUT2D eigenvalue weighted by Crippen LogP contribution is -2.59. The average molecular weight is 775 g/mol. The van der Waals surface area contributed by atoms with Gasteiger partial charge in [-0.15, -0.1) is 6.58 Å². The Kier molecular flexibility index (Phi) is 10.5. The molecule has 4 bridgehead atoms. The lowest BCUT2D eigenvalue weighted by molar-refractivity contribution is -0.141. The quantitative estimate of drug-likeness (QED) is 0.286. The average Bonchev–Trinajstić information content (AvgIpc) is 4.09. The van der Waals surface area contributed by atoms with E-state index in [2.05, 4.69) is 27.0 Å². The fourth-order valence-electron chi connectivity index (χ4n) is 7.60. The molecule has 2 unspecified atom stereocenters. The van der Waals surface area contributed by atoms with Gasteiger partial charge in [-0.2, -0.15) is 5.10 Å². The van der Waals surface area contributed by atoms with Gasteiger partial charge in [0.25, 0.3) is 11.5 Å². The Morgan fingerprint density at radius 3 is 2.47 bits per heavy atom. The number of nitrogens with one attached hydrogen (secondary N) is 3. The molecule has 5 atom stereocenters. The Morgan fingerprint density at radius 1 is 1.04 bits per heavy atom. The van der Waals surface area contributed by atoms with Crippen LogP contribution in [-0.2, 0) is 29.1 Å². The van der Waals surface area contributed by atoms with Crippen LogP contribution in [0.1, 0.15) is 64.8 Å². The van der Waals surface area contributed by atoms with Crippen LogP contribution in [0.3, 0.4) is 0 Å². The third-order valence-electron chi connectivity index (χ3n) is 11.0. The Morgan fingerprint density at radius 2 is 1.76 bits per heavy atom. The summed E-state index contributed by atoms with van der Waals surface area (Å²) >= 11 is 0. The predicted octanol–water partition coefficient (Wildman–Crippen LogP) is 3.19. The molecule has 2 aromatic carbocycles. The minimum Gasteiger partial charge on any atom is -0.491 e. The number of carbonyl (C=O) groups is 4. The summed E-state index contributed by atoms with van der Waals surface area (Å²) in [5.41, 5.74) is -1.16. The fraction of sp³-hybridized carbons (Fsp3) is 0.487. The topological polar surface area (TPSA) is 195 Å². The third kappa shape index (κ3) is 7.56. The van der Waals surface area contributed by atoms with Crippen LogP contribution < -0.4 is 25.7 Å². The van der Waals surface area contributed by atoms with E-state index in [1.807, 2.05) is 42.5 Å². The van der Waals surface area contributed by atoms with E-state index in [0.717, 1.165) is 10.8 Å². The van der Waals surface area contributed by atoms with Gasteiger partial charge in [-0.05, 0) is 60.8 Å². The number of benzene rings is 2. The van der Waals surface area contributed by atoms with Gasteiger partial charge in [0.2, 0.25) is 21.8 Å². The van der Waals surface area contributed by atoms with Gasteiger partial charge in [0.15, 0.2) is 5.75 Å². The molecule has 4 heterocycles. The molecule has 2 saturated carbocycles. The molecule has 16 heteroatoms. The second-order valence-corrected chi connectivity index (χ2v) is 17.1. The Labute approximate surface area is 318 Å². The minimum atomic E-state index is -3.93. The van der Waals surface area contributed by atoms with Crippen LogP contribution in [0, 0.1) is 11.8 Å². The van der Waals surface area contributed by atoms with Gasteiger partial charge in [-0.3, -0.25) is 23.9 Å². The Balaban J connectivity index is 1.28. The van der Waals surface area contributed by atoms with Crippen molar-refractivity contribution in [1.82, 2.24) is 30.0 Å². The highest BCUT2D eigenvalue weighted by Gasteiger charge is 2.62. The van der Waals surface area contributed by atoms with E-state index in [0.29, 0.717) is 37.7 Å². The van der Waals surface area contributed by atoms with Crippen molar-refractivity contribution in [1.29, 1.82) is 0 Å². The van der Waals surface area contributed by atoms with E-state index in [9.17, 15) is 32.4 Å². The minimum absolute atomic E-state index is 0.0776. The number of rotatable bonds is 8. The van der Waals surface area contributed by atoms with Crippen LogP contribution in [0.5, 0.6) is 5.75 Å². The number of fused-ring (bicyclic) bond motifs is 13. The lowest BCUT2D eigenvalue weighted by atomic mass is 9.99. The molecule has 5 aliphatic rings. The molecule has 2 aliphatic carbocycles. The van der Waals surface area contributed by atoms with Gasteiger partial charge in [0.1, 0.15) is 17.6 Å². The van der Waals surface area contributed by atoms with Crippen molar-refractivity contribution in [3.8, 4) is 16.9 Å². The number of alkyl carbamates (subject to hydrolysis) is 1. The number of hydrogen-bond acceptors (Lipinski definition) is 10. The summed E-state index contributed by atoms with van der Waals surface area (Å²) in [5.74, 6) is -2.90. The van der Waals surface area contributed by atoms with Crippen LogP contribution in [0.25, 0.3) is 21.9 Å². The normalized spacial score (nSPS) is 26.0. The maximum Gasteiger partial charge on any atom is 0.407 e. The zero-order chi connectivity index (χ0) is 39.1. The zero-order valence-electron chi connectivity index (χ0n) is 30.9. The van der Waals surface area contributed by atoms with Gasteiger partial charge in [-0.25, -0.2) is 17.9 Å². The third-order valence-corrected chi connectivity index (χ3v) is 12.8. The van der Waals surface area contributed by atoms with Gasteiger partial charge in [-0.1, -0.05) is 62.4 Å². The van der Waals surface area contributed by atoms with Crippen LogP contribution in [0.2, 0.25) is 0 Å². The second kappa shape index (κ2) is 15.1. The largest absolute Gasteiger partial charge is 0.491 e. The summed E-state index contributed by atoms with van der Waals surface area (Å²) in [7, 11) is -3.93.